The molecule has 0 aliphatic heterocycles. The Labute approximate surface area is 252 Å². The number of amides is 2. The van der Waals surface area contributed by atoms with E-state index in [1.807, 2.05) is 48.5 Å². The first kappa shape index (κ1) is 29.1. The molecule has 0 radical (unpaired) electrons. The van der Waals surface area contributed by atoms with Crippen molar-refractivity contribution in [2.45, 2.75) is 75.9 Å². The van der Waals surface area contributed by atoms with Crippen LogP contribution in [0.15, 0.2) is 60.7 Å². The lowest BCUT2D eigenvalue weighted by Gasteiger charge is -2.57. The molecule has 8 nitrogen and oxygen atoms in total. The Morgan fingerprint density at radius 3 is 2.30 bits per heavy atom. The molecule has 8 heteroatoms. The van der Waals surface area contributed by atoms with Gasteiger partial charge in [0.05, 0.1) is 12.6 Å². The molecule has 0 spiro atoms. The van der Waals surface area contributed by atoms with Gasteiger partial charge in [0.2, 0.25) is 0 Å². The van der Waals surface area contributed by atoms with Gasteiger partial charge in [0.15, 0.2) is 0 Å². The van der Waals surface area contributed by atoms with E-state index in [0.717, 1.165) is 34.2 Å². The minimum absolute atomic E-state index is 0.101. The number of carbonyl (C=O) groups is 3. The third kappa shape index (κ3) is 6.53. The van der Waals surface area contributed by atoms with Gasteiger partial charge >= 0.3 is 12.1 Å². The average molecular weight is 584 g/mol. The molecule has 0 unspecified atom stereocenters. The molecule has 1 heterocycles. The molecule has 0 saturated heterocycles. The minimum atomic E-state index is -0.807. The molecule has 4 aliphatic carbocycles. The summed E-state index contributed by atoms with van der Waals surface area (Å²) >= 11 is 0. The van der Waals surface area contributed by atoms with E-state index in [1.54, 1.807) is 0 Å². The normalized spacial score (nSPS) is 24.3. The number of unbranched alkanes of at least 4 members (excludes halogenated alkanes) is 1. The predicted octanol–water partition coefficient (Wildman–Crippen LogP) is 6.07. The zero-order chi connectivity index (χ0) is 29.8. The summed E-state index contributed by atoms with van der Waals surface area (Å²) in [4.78, 5) is 43.0. The molecule has 226 valence electrons. The quantitative estimate of drug-likeness (QED) is 0.210. The maximum Gasteiger partial charge on any atom is 0.407 e. The van der Waals surface area contributed by atoms with Crippen LogP contribution in [0.4, 0.5) is 4.79 Å². The van der Waals surface area contributed by atoms with E-state index in [9.17, 15) is 14.4 Å². The summed E-state index contributed by atoms with van der Waals surface area (Å²) in [6.07, 6.45) is 8.72. The second kappa shape index (κ2) is 12.7. The molecule has 2 N–H and O–H groups in total. The van der Waals surface area contributed by atoms with Crippen molar-refractivity contribution in [1.29, 1.82) is 0 Å². The van der Waals surface area contributed by atoms with Gasteiger partial charge in [-0.05, 0) is 104 Å². The van der Waals surface area contributed by atoms with Crippen LogP contribution in [-0.4, -0.2) is 42.7 Å². The van der Waals surface area contributed by atoms with Crippen molar-refractivity contribution < 1.29 is 23.9 Å². The maximum absolute atomic E-state index is 13.6. The van der Waals surface area contributed by atoms with Crippen LogP contribution in [0.3, 0.4) is 0 Å². The molecule has 4 bridgehead atoms. The number of para-hydroxylation sites is 1. The number of alkyl carbamates (subject to hydrolysis) is 1. The molecule has 4 fully saturated rings. The number of hydrogen-bond acceptors (Lipinski definition) is 6. The van der Waals surface area contributed by atoms with Crippen molar-refractivity contribution in [3.63, 3.8) is 0 Å². The molecule has 43 heavy (non-hydrogen) atoms. The number of hydrogen-bond donors (Lipinski definition) is 2. The SMILES string of the molecule is COC(=O)[C@H](CCCCNC(=O)OCc1ccccc1)NC(=O)c1cc(C23CC4CC(CC(C4)C2)C3)c2ccccc2n1. The minimum Gasteiger partial charge on any atom is -0.467 e. The monoisotopic (exact) mass is 583 g/mol. The van der Waals surface area contributed by atoms with E-state index < -0.39 is 18.1 Å². The summed E-state index contributed by atoms with van der Waals surface area (Å²) in [5, 5.41) is 6.78. The average Bonchev–Trinajstić information content (AvgIpc) is 3.02. The van der Waals surface area contributed by atoms with E-state index in [1.165, 1.54) is 51.2 Å². The zero-order valence-electron chi connectivity index (χ0n) is 24.8. The third-order valence-corrected chi connectivity index (χ3v) is 9.75. The number of ether oxygens (including phenoxy) is 2. The van der Waals surface area contributed by atoms with Crippen LogP contribution in [0.2, 0.25) is 0 Å². The second-order valence-electron chi connectivity index (χ2n) is 12.8. The van der Waals surface area contributed by atoms with Crippen molar-refractivity contribution in [3.05, 3.63) is 77.5 Å². The smallest absolute Gasteiger partial charge is 0.407 e. The fourth-order valence-electron chi connectivity index (χ4n) is 8.23. The van der Waals surface area contributed by atoms with Crippen LogP contribution < -0.4 is 10.6 Å². The van der Waals surface area contributed by atoms with Gasteiger partial charge < -0.3 is 20.1 Å². The fourth-order valence-corrected chi connectivity index (χ4v) is 8.23. The van der Waals surface area contributed by atoms with Crippen molar-refractivity contribution in [2.24, 2.45) is 17.8 Å². The van der Waals surface area contributed by atoms with Gasteiger partial charge in [0.1, 0.15) is 18.3 Å². The Hall–Kier alpha value is -3.94. The van der Waals surface area contributed by atoms with Crippen LogP contribution in [0, 0.1) is 17.8 Å². The number of fused-ring (bicyclic) bond motifs is 1. The van der Waals surface area contributed by atoms with E-state index in [0.29, 0.717) is 31.5 Å². The number of esters is 1. The topological polar surface area (TPSA) is 107 Å². The molecule has 1 aromatic heterocycles. The molecule has 1 atom stereocenters. The Balaban J connectivity index is 1.09. The molecule has 3 aromatic rings. The van der Waals surface area contributed by atoms with E-state index in [2.05, 4.69) is 22.8 Å². The summed E-state index contributed by atoms with van der Waals surface area (Å²) in [5.74, 6) is 1.47. The van der Waals surface area contributed by atoms with Crippen molar-refractivity contribution >= 4 is 28.9 Å². The third-order valence-electron chi connectivity index (χ3n) is 9.75. The molecule has 2 aromatic carbocycles. The fraction of sp³-hybridized carbons (Fsp3) is 0.486. The Kier molecular flexibility index (Phi) is 8.63. The van der Waals surface area contributed by atoms with Crippen molar-refractivity contribution in [1.82, 2.24) is 15.6 Å². The molecule has 4 aliphatic rings. The molecule has 2 amide bonds. The Morgan fingerprint density at radius 1 is 0.930 bits per heavy atom. The highest BCUT2D eigenvalue weighted by atomic mass is 16.5. The van der Waals surface area contributed by atoms with Crippen LogP contribution >= 0.6 is 0 Å². The van der Waals surface area contributed by atoms with E-state index in [4.69, 9.17) is 14.5 Å². The lowest BCUT2D eigenvalue weighted by molar-refractivity contribution is -0.143. The number of methoxy groups -OCH3 is 1. The van der Waals surface area contributed by atoms with Crippen LogP contribution in [-0.2, 0) is 26.3 Å². The highest BCUT2D eigenvalue weighted by Gasteiger charge is 2.52. The Bertz CT molecular complexity index is 1440. The van der Waals surface area contributed by atoms with Gasteiger partial charge in [-0.25, -0.2) is 14.6 Å². The molecular weight excluding hydrogens is 542 g/mol. The number of benzene rings is 2. The summed E-state index contributed by atoms with van der Waals surface area (Å²) in [7, 11) is 1.32. The van der Waals surface area contributed by atoms with E-state index >= 15 is 0 Å². The molecule has 4 saturated carbocycles. The van der Waals surface area contributed by atoms with Crippen LogP contribution in [0.5, 0.6) is 0 Å². The van der Waals surface area contributed by atoms with Gasteiger partial charge in [-0.15, -0.1) is 0 Å². The van der Waals surface area contributed by atoms with Gasteiger partial charge in [0, 0.05) is 11.9 Å². The number of nitrogens with one attached hydrogen (secondary N) is 2. The van der Waals surface area contributed by atoms with E-state index in [-0.39, 0.29) is 17.9 Å². The van der Waals surface area contributed by atoms with Crippen molar-refractivity contribution in [2.75, 3.05) is 13.7 Å². The highest BCUT2D eigenvalue weighted by Crippen LogP contribution is 2.61. The summed E-state index contributed by atoms with van der Waals surface area (Å²) in [5.41, 5.74) is 3.44. The predicted molar refractivity (Wildman–Crippen MR) is 163 cm³/mol. The van der Waals surface area contributed by atoms with Crippen LogP contribution in [0.1, 0.15) is 79.4 Å². The van der Waals surface area contributed by atoms with Gasteiger partial charge in [-0.1, -0.05) is 48.5 Å². The Morgan fingerprint density at radius 2 is 1.60 bits per heavy atom. The first-order valence-electron chi connectivity index (χ1n) is 15.7. The number of aromatic nitrogens is 1. The van der Waals surface area contributed by atoms with Crippen LogP contribution in [0.25, 0.3) is 10.9 Å². The summed E-state index contributed by atoms with van der Waals surface area (Å²) in [6, 6.07) is 18.8. The number of carbonyl (C=O) groups excluding carboxylic acids is 3. The van der Waals surface area contributed by atoms with Gasteiger partial charge in [-0.3, -0.25) is 4.79 Å². The van der Waals surface area contributed by atoms with Crippen molar-refractivity contribution in [3.8, 4) is 0 Å². The summed E-state index contributed by atoms with van der Waals surface area (Å²) < 4.78 is 10.3. The van der Waals surface area contributed by atoms with Gasteiger partial charge in [0.25, 0.3) is 5.91 Å². The van der Waals surface area contributed by atoms with Gasteiger partial charge in [-0.2, -0.15) is 0 Å². The zero-order valence-corrected chi connectivity index (χ0v) is 24.8. The summed E-state index contributed by atoms with van der Waals surface area (Å²) in [6.45, 7) is 0.604. The number of pyridine rings is 1. The number of rotatable bonds is 11. The largest absolute Gasteiger partial charge is 0.467 e. The first-order chi connectivity index (χ1) is 20.9. The second-order valence-corrected chi connectivity index (χ2v) is 12.8. The highest BCUT2D eigenvalue weighted by molar-refractivity contribution is 5.98. The standard InChI is InChI=1S/C35H41N3O5/c1-42-33(40)30(13-7-8-14-36-34(41)43-22-23-9-3-2-4-10-23)38-32(39)31-18-28(27-11-5-6-12-29(27)37-31)35-19-24-15-25(20-35)17-26(16-24)21-35/h2-6,9-12,18,24-26,30H,7-8,13-17,19-22H2,1H3,(H,36,41)(H,38,39)/t24?,25?,26?,30-,35?/m0/s1. The lowest BCUT2D eigenvalue weighted by Crippen LogP contribution is -2.48. The lowest BCUT2D eigenvalue weighted by atomic mass is 9.48. The maximum atomic E-state index is 13.6. The first-order valence-corrected chi connectivity index (χ1v) is 15.7. The molecule has 7 rings (SSSR count). The number of nitrogens with zero attached hydrogens (tertiary/aromatic N) is 1. The molecular formula is C35H41N3O5.